The Bertz CT molecular complexity index is 567. The number of benzene rings is 1. The van der Waals surface area contributed by atoms with Gasteiger partial charge in [0, 0.05) is 25.3 Å². The van der Waals surface area contributed by atoms with E-state index in [9.17, 15) is 13.5 Å². The lowest BCUT2D eigenvalue weighted by atomic mass is 10.0. The molecule has 7 heteroatoms. The minimum atomic E-state index is -3.57. The summed E-state index contributed by atoms with van der Waals surface area (Å²) in [7, 11) is -2.10. The molecule has 0 radical (unpaired) electrons. The van der Waals surface area contributed by atoms with Gasteiger partial charge in [-0.05, 0) is 37.0 Å². The van der Waals surface area contributed by atoms with Gasteiger partial charge in [-0.1, -0.05) is 0 Å². The quantitative estimate of drug-likeness (QED) is 0.814. The van der Waals surface area contributed by atoms with Crippen LogP contribution in [0.5, 0.6) is 5.75 Å². The molecular weight excluding hydrogens is 294 g/mol. The molecule has 2 N–H and O–H groups in total. The summed E-state index contributed by atoms with van der Waals surface area (Å²) in [6, 6.07) is 4.46. The van der Waals surface area contributed by atoms with E-state index < -0.39 is 10.0 Å². The van der Waals surface area contributed by atoms with Crippen LogP contribution in [0.2, 0.25) is 0 Å². The highest BCUT2D eigenvalue weighted by atomic mass is 32.2. The van der Waals surface area contributed by atoms with Crippen LogP contribution < -0.4 is 9.46 Å². The highest BCUT2D eigenvalue weighted by Gasteiger charge is 2.20. The van der Waals surface area contributed by atoms with E-state index in [0.717, 1.165) is 12.8 Å². The van der Waals surface area contributed by atoms with E-state index in [2.05, 4.69) is 4.72 Å². The number of sulfonamides is 1. The largest absolute Gasteiger partial charge is 0.496 e. The van der Waals surface area contributed by atoms with Crippen molar-refractivity contribution in [3.05, 3.63) is 23.8 Å². The topological polar surface area (TPSA) is 84.9 Å². The Hall–Kier alpha value is -1.15. The molecule has 1 fully saturated rings. The Morgan fingerprint density at radius 3 is 2.71 bits per heavy atom. The third-order valence-electron chi connectivity index (χ3n) is 3.64. The van der Waals surface area contributed by atoms with E-state index in [4.69, 9.17) is 9.47 Å². The van der Waals surface area contributed by atoms with Crippen molar-refractivity contribution in [1.29, 1.82) is 0 Å². The van der Waals surface area contributed by atoms with E-state index in [1.165, 1.54) is 19.2 Å². The molecule has 2 rings (SSSR count). The van der Waals surface area contributed by atoms with Crippen LogP contribution in [0.4, 0.5) is 0 Å². The predicted molar refractivity (Wildman–Crippen MR) is 77.6 cm³/mol. The molecular formula is C14H21NO5S. The van der Waals surface area contributed by atoms with Crippen LogP contribution in [0.25, 0.3) is 0 Å². The van der Waals surface area contributed by atoms with Gasteiger partial charge in [0.1, 0.15) is 5.75 Å². The first-order chi connectivity index (χ1) is 10.1. The maximum Gasteiger partial charge on any atom is 0.240 e. The summed E-state index contributed by atoms with van der Waals surface area (Å²) < 4.78 is 37.5. The Balaban J connectivity index is 2.07. The molecule has 0 unspecified atom stereocenters. The van der Waals surface area contributed by atoms with Gasteiger partial charge in [-0.2, -0.15) is 0 Å². The average molecular weight is 315 g/mol. The third-order valence-corrected chi connectivity index (χ3v) is 5.06. The standard InChI is InChI=1S/C14H21NO5S/c1-19-14-3-2-13(8-12(14)10-16)21(17,18)15-9-11-4-6-20-7-5-11/h2-3,8,11,15-16H,4-7,9-10H2,1H3. The average Bonchev–Trinajstić information content (AvgIpc) is 2.53. The molecule has 0 aliphatic carbocycles. The van der Waals surface area contributed by atoms with Crippen molar-refractivity contribution in [3.63, 3.8) is 0 Å². The summed E-state index contributed by atoms with van der Waals surface area (Å²) in [4.78, 5) is 0.138. The first kappa shape index (κ1) is 16.2. The van der Waals surface area contributed by atoms with Gasteiger partial charge in [-0.25, -0.2) is 13.1 Å². The van der Waals surface area contributed by atoms with Gasteiger partial charge in [0.2, 0.25) is 10.0 Å². The summed E-state index contributed by atoms with van der Waals surface area (Å²) in [6.45, 7) is 1.51. The summed E-state index contributed by atoms with van der Waals surface area (Å²) in [5.41, 5.74) is 0.450. The van der Waals surface area contributed by atoms with E-state index in [0.29, 0.717) is 37.0 Å². The Kier molecular flexibility index (Phi) is 5.58. The fourth-order valence-corrected chi connectivity index (χ4v) is 3.47. The number of hydrogen-bond acceptors (Lipinski definition) is 5. The predicted octanol–water partition coefficient (Wildman–Crippen LogP) is 0.892. The van der Waals surface area contributed by atoms with Gasteiger partial charge in [0.05, 0.1) is 18.6 Å². The van der Waals surface area contributed by atoms with Gasteiger partial charge >= 0.3 is 0 Å². The molecule has 1 aromatic carbocycles. The van der Waals surface area contributed by atoms with Crippen LogP contribution in [-0.4, -0.2) is 40.4 Å². The summed E-state index contributed by atoms with van der Waals surface area (Å²) >= 11 is 0. The Labute approximate surface area is 125 Å². The first-order valence-corrected chi connectivity index (χ1v) is 8.40. The molecule has 1 saturated heterocycles. The fraction of sp³-hybridized carbons (Fsp3) is 0.571. The smallest absolute Gasteiger partial charge is 0.240 e. The number of rotatable bonds is 6. The molecule has 1 aromatic rings. The second-order valence-corrected chi connectivity index (χ2v) is 6.81. The minimum Gasteiger partial charge on any atom is -0.496 e. The molecule has 6 nitrogen and oxygen atoms in total. The zero-order valence-corrected chi connectivity index (χ0v) is 12.9. The van der Waals surface area contributed by atoms with Crippen molar-refractivity contribution in [3.8, 4) is 5.75 Å². The third kappa shape index (κ3) is 4.16. The van der Waals surface area contributed by atoms with E-state index >= 15 is 0 Å². The Morgan fingerprint density at radius 2 is 2.10 bits per heavy atom. The lowest BCUT2D eigenvalue weighted by Gasteiger charge is -2.22. The van der Waals surface area contributed by atoms with Crippen molar-refractivity contribution in [2.24, 2.45) is 5.92 Å². The number of ether oxygens (including phenoxy) is 2. The zero-order valence-electron chi connectivity index (χ0n) is 12.0. The van der Waals surface area contributed by atoms with E-state index in [1.807, 2.05) is 0 Å². The summed E-state index contributed by atoms with van der Waals surface area (Å²) in [5.74, 6) is 0.782. The molecule has 118 valence electrons. The van der Waals surface area contributed by atoms with E-state index in [1.54, 1.807) is 6.07 Å². The maximum absolute atomic E-state index is 12.3. The lowest BCUT2D eigenvalue weighted by molar-refractivity contribution is 0.0678. The number of aliphatic hydroxyl groups is 1. The lowest BCUT2D eigenvalue weighted by Crippen LogP contribution is -2.32. The van der Waals surface area contributed by atoms with Gasteiger partial charge < -0.3 is 14.6 Å². The SMILES string of the molecule is COc1ccc(S(=O)(=O)NCC2CCOCC2)cc1CO. The van der Waals surface area contributed by atoms with Gasteiger partial charge in [0.15, 0.2) is 0 Å². The monoisotopic (exact) mass is 315 g/mol. The van der Waals surface area contributed by atoms with Crippen LogP contribution in [-0.2, 0) is 21.4 Å². The molecule has 21 heavy (non-hydrogen) atoms. The highest BCUT2D eigenvalue weighted by molar-refractivity contribution is 7.89. The minimum absolute atomic E-state index is 0.138. The van der Waals surface area contributed by atoms with Gasteiger partial charge in [-0.15, -0.1) is 0 Å². The molecule has 1 aliphatic rings. The van der Waals surface area contributed by atoms with E-state index in [-0.39, 0.29) is 11.5 Å². The van der Waals surface area contributed by atoms with Crippen molar-refractivity contribution in [2.45, 2.75) is 24.3 Å². The van der Waals surface area contributed by atoms with Crippen LogP contribution in [0.15, 0.2) is 23.1 Å². The molecule has 0 aromatic heterocycles. The van der Waals surface area contributed by atoms with Crippen molar-refractivity contribution < 1.29 is 23.0 Å². The normalized spacial score (nSPS) is 16.9. The molecule has 0 spiro atoms. The van der Waals surface area contributed by atoms with Crippen molar-refractivity contribution >= 4 is 10.0 Å². The first-order valence-electron chi connectivity index (χ1n) is 6.92. The zero-order chi connectivity index (χ0) is 15.3. The molecule has 1 heterocycles. The molecule has 0 saturated carbocycles. The van der Waals surface area contributed by atoms with Crippen LogP contribution >= 0.6 is 0 Å². The fourth-order valence-electron chi connectivity index (χ4n) is 2.31. The number of nitrogens with one attached hydrogen (secondary N) is 1. The van der Waals surface area contributed by atoms with Gasteiger partial charge in [-0.3, -0.25) is 0 Å². The number of hydrogen-bond donors (Lipinski definition) is 2. The van der Waals surface area contributed by atoms with Gasteiger partial charge in [0.25, 0.3) is 0 Å². The Morgan fingerprint density at radius 1 is 1.38 bits per heavy atom. The molecule has 1 aliphatic heterocycles. The van der Waals surface area contributed by atoms with Crippen LogP contribution in [0.3, 0.4) is 0 Å². The molecule has 0 amide bonds. The summed E-state index contributed by atoms with van der Waals surface area (Å²) in [5, 5.41) is 9.26. The van der Waals surface area contributed by atoms with Crippen molar-refractivity contribution in [1.82, 2.24) is 4.72 Å². The van der Waals surface area contributed by atoms with Crippen LogP contribution in [0, 0.1) is 5.92 Å². The molecule has 0 atom stereocenters. The second-order valence-electron chi connectivity index (χ2n) is 5.04. The highest BCUT2D eigenvalue weighted by Crippen LogP contribution is 2.22. The van der Waals surface area contributed by atoms with Crippen molar-refractivity contribution in [2.75, 3.05) is 26.9 Å². The second kappa shape index (κ2) is 7.22. The van der Waals surface area contributed by atoms with Crippen LogP contribution in [0.1, 0.15) is 18.4 Å². The number of aliphatic hydroxyl groups excluding tert-OH is 1. The number of methoxy groups -OCH3 is 1. The maximum atomic E-state index is 12.3. The summed E-state index contributed by atoms with van der Waals surface area (Å²) in [6.07, 6.45) is 1.74. The molecule has 0 bridgehead atoms.